The van der Waals surface area contributed by atoms with E-state index in [4.69, 9.17) is 0 Å². The van der Waals surface area contributed by atoms with Gasteiger partial charge < -0.3 is 10.3 Å². The summed E-state index contributed by atoms with van der Waals surface area (Å²) in [6.07, 6.45) is 2.90. The Morgan fingerprint density at radius 3 is 2.48 bits per heavy atom. The number of nitrogens with zero attached hydrogens (tertiary/aromatic N) is 1. The number of fused-ring (bicyclic) bond motifs is 1. The van der Waals surface area contributed by atoms with Crippen LogP contribution in [0, 0.1) is 11.6 Å². The first-order chi connectivity index (χ1) is 15.7. The maximum absolute atomic E-state index is 15.0. The summed E-state index contributed by atoms with van der Waals surface area (Å²) >= 11 is 0. The summed E-state index contributed by atoms with van der Waals surface area (Å²) in [7, 11) is -4.15. The van der Waals surface area contributed by atoms with E-state index in [-0.39, 0.29) is 16.4 Å². The Morgan fingerprint density at radius 2 is 1.79 bits per heavy atom. The van der Waals surface area contributed by atoms with Crippen LogP contribution < -0.4 is 10.0 Å². The fourth-order valence-corrected chi connectivity index (χ4v) is 4.29. The summed E-state index contributed by atoms with van der Waals surface area (Å²) in [4.78, 5) is 19.4. The lowest BCUT2D eigenvalue weighted by molar-refractivity contribution is 0.102. The molecule has 7 nitrogen and oxygen atoms in total. The zero-order chi connectivity index (χ0) is 23.8. The highest BCUT2D eigenvalue weighted by atomic mass is 32.2. The first-order valence-corrected chi connectivity index (χ1v) is 11.5. The zero-order valence-electron chi connectivity index (χ0n) is 17.7. The maximum Gasteiger partial charge on any atom is 0.261 e. The van der Waals surface area contributed by atoms with Gasteiger partial charge in [-0.2, -0.15) is 0 Å². The van der Waals surface area contributed by atoms with Crippen LogP contribution in [0.1, 0.15) is 35.7 Å². The lowest BCUT2D eigenvalue weighted by atomic mass is 10.0. The average Bonchev–Trinajstić information content (AvgIpc) is 3.26. The van der Waals surface area contributed by atoms with Crippen LogP contribution in [-0.2, 0) is 10.0 Å². The van der Waals surface area contributed by atoms with E-state index in [1.165, 1.54) is 24.4 Å². The second-order valence-corrected chi connectivity index (χ2v) is 9.39. The molecule has 0 unspecified atom stereocenters. The van der Waals surface area contributed by atoms with Crippen LogP contribution in [0.15, 0.2) is 65.8 Å². The van der Waals surface area contributed by atoms with Crippen molar-refractivity contribution in [1.29, 1.82) is 0 Å². The maximum atomic E-state index is 15.0. The van der Waals surface area contributed by atoms with E-state index in [1.807, 2.05) is 13.8 Å². The van der Waals surface area contributed by atoms with Crippen LogP contribution in [-0.4, -0.2) is 24.3 Å². The monoisotopic (exact) mass is 470 g/mol. The molecule has 0 radical (unpaired) electrons. The van der Waals surface area contributed by atoms with Crippen molar-refractivity contribution < 1.29 is 22.0 Å². The van der Waals surface area contributed by atoms with Crippen LogP contribution in [0.25, 0.3) is 11.0 Å². The van der Waals surface area contributed by atoms with Crippen molar-refractivity contribution in [2.24, 2.45) is 0 Å². The Balaban J connectivity index is 1.60. The van der Waals surface area contributed by atoms with Crippen molar-refractivity contribution in [3.05, 3.63) is 83.7 Å². The highest BCUT2D eigenvalue weighted by molar-refractivity contribution is 7.92. The van der Waals surface area contributed by atoms with Gasteiger partial charge in [0.1, 0.15) is 17.2 Å². The number of rotatable bonds is 6. The molecule has 0 atom stereocenters. The molecule has 3 N–H and O–H groups in total. The Labute approximate surface area is 188 Å². The Morgan fingerprint density at radius 1 is 1.06 bits per heavy atom. The van der Waals surface area contributed by atoms with Gasteiger partial charge in [0.25, 0.3) is 15.9 Å². The summed E-state index contributed by atoms with van der Waals surface area (Å²) < 4.78 is 56.9. The Bertz CT molecular complexity index is 1450. The zero-order valence-corrected chi connectivity index (χ0v) is 18.5. The molecule has 0 aliphatic rings. The number of carbonyl (C=O) groups excluding carboxylic acids is 1. The second kappa shape index (κ2) is 8.62. The van der Waals surface area contributed by atoms with Crippen LogP contribution in [0.2, 0.25) is 0 Å². The molecule has 4 aromatic rings. The number of amides is 1. The predicted molar refractivity (Wildman–Crippen MR) is 122 cm³/mol. The molecule has 2 aromatic carbocycles. The minimum absolute atomic E-state index is 0.0768. The van der Waals surface area contributed by atoms with E-state index in [2.05, 4.69) is 20.0 Å². The number of aromatic nitrogens is 2. The number of anilines is 2. The molecular weight excluding hydrogens is 450 g/mol. The predicted octanol–water partition coefficient (Wildman–Crippen LogP) is 5.02. The van der Waals surface area contributed by atoms with Crippen LogP contribution in [0.3, 0.4) is 0 Å². The van der Waals surface area contributed by atoms with Crippen molar-refractivity contribution >= 4 is 38.3 Å². The smallest absolute Gasteiger partial charge is 0.261 e. The van der Waals surface area contributed by atoms with E-state index >= 15 is 4.39 Å². The molecule has 2 aromatic heterocycles. The molecule has 0 saturated heterocycles. The SMILES string of the molecule is CC(C)c1ccc(S(=O)(=O)Nc2ccc(F)c(NC(=O)c3cnc4[nH]ccc4c3)c2F)cc1. The van der Waals surface area contributed by atoms with E-state index < -0.39 is 38.9 Å². The van der Waals surface area contributed by atoms with Crippen molar-refractivity contribution in [3.8, 4) is 0 Å². The number of nitrogens with one attached hydrogen (secondary N) is 3. The summed E-state index contributed by atoms with van der Waals surface area (Å²) in [6, 6.07) is 11.2. The number of hydrogen-bond acceptors (Lipinski definition) is 4. The number of sulfonamides is 1. The van der Waals surface area contributed by atoms with Gasteiger partial charge in [0.2, 0.25) is 0 Å². The molecule has 0 saturated carbocycles. The molecule has 1 amide bonds. The topological polar surface area (TPSA) is 104 Å². The Kier molecular flexibility index (Phi) is 5.86. The third kappa shape index (κ3) is 4.56. The quantitative estimate of drug-likeness (QED) is 0.368. The summed E-state index contributed by atoms with van der Waals surface area (Å²) in [5.74, 6) is -2.89. The van der Waals surface area contributed by atoms with Crippen molar-refractivity contribution in [2.75, 3.05) is 10.0 Å². The van der Waals surface area contributed by atoms with Gasteiger partial charge in [-0.3, -0.25) is 9.52 Å². The minimum atomic E-state index is -4.15. The number of carbonyl (C=O) groups is 1. The van der Waals surface area contributed by atoms with Gasteiger partial charge in [0.05, 0.1) is 16.1 Å². The number of hydrogen-bond donors (Lipinski definition) is 3. The van der Waals surface area contributed by atoms with E-state index in [1.54, 1.807) is 24.4 Å². The van der Waals surface area contributed by atoms with Crippen LogP contribution in [0.4, 0.5) is 20.2 Å². The molecule has 0 spiro atoms. The molecule has 10 heteroatoms. The molecule has 0 aliphatic carbocycles. The number of halogens is 2. The molecule has 4 rings (SSSR count). The molecule has 0 fully saturated rings. The second-order valence-electron chi connectivity index (χ2n) is 7.71. The van der Waals surface area contributed by atoms with Gasteiger partial charge in [0.15, 0.2) is 5.82 Å². The largest absolute Gasteiger partial charge is 0.346 e. The molecule has 170 valence electrons. The van der Waals surface area contributed by atoms with Gasteiger partial charge >= 0.3 is 0 Å². The first-order valence-electron chi connectivity index (χ1n) is 10.0. The molecule has 2 heterocycles. The van der Waals surface area contributed by atoms with Crippen LogP contribution >= 0.6 is 0 Å². The summed E-state index contributed by atoms with van der Waals surface area (Å²) in [6.45, 7) is 3.94. The first kappa shape index (κ1) is 22.4. The number of benzene rings is 2. The van der Waals surface area contributed by atoms with Crippen molar-refractivity contribution in [3.63, 3.8) is 0 Å². The van der Waals surface area contributed by atoms with Gasteiger partial charge in [-0.1, -0.05) is 26.0 Å². The molecular formula is C23H20F2N4O3S. The summed E-state index contributed by atoms with van der Waals surface area (Å²) in [5.41, 5.74) is 0.307. The normalized spacial score (nSPS) is 11.7. The third-order valence-electron chi connectivity index (χ3n) is 5.09. The number of H-pyrrole nitrogens is 1. The molecule has 0 bridgehead atoms. The number of pyridine rings is 1. The molecule has 33 heavy (non-hydrogen) atoms. The Hall–Kier alpha value is -3.79. The minimum Gasteiger partial charge on any atom is -0.346 e. The lowest BCUT2D eigenvalue weighted by Crippen LogP contribution is -2.18. The fourth-order valence-electron chi connectivity index (χ4n) is 3.23. The third-order valence-corrected chi connectivity index (χ3v) is 6.47. The highest BCUT2D eigenvalue weighted by Gasteiger charge is 2.22. The standard InChI is InChI=1S/C23H20F2N4O3S/c1-13(2)14-3-5-17(6-4-14)33(31,32)29-19-8-7-18(24)21(20(19)25)28-23(30)16-11-15-9-10-26-22(15)27-12-16/h3-13,29H,1-2H3,(H,26,27)(H,28,30). The van der Waals surface area contributed by atoms with Crippen molar-refractivity contribution in [2.45, 2.75) is 24.7 Å². The van der Waals surface area contributed by atoms with E-state index in [9.17, 15) is 17.6 Å². The molecule has 0 aliphatic heterocycles. The van der Waals surface area contributed by atoms with Crippen molar-refractivity contribution in [1.82, 2.24) is 9.97 Å². The van der Waals surface area contributed by atoms with Gasteiger partial charge in [-0.05, 0) is 47.9 Å². The lowest BCUT2D eigenvalue weighted by Gasteiger charge is -2.14. The van der Waals surface area contributed by atoms with Gasteiger partial charge in [-0.15, -0.1) is 0 Å². The van der Waals surface area contributed by atoms with E-state index in [0.717, 1.165) is 17.7 Å². The average molecular weight is 471 g/mol. The van der Waals surface area contributed by atoms with Crippen LogP contribution in [0.5, 0.6) is 0 Å². The van der Waals surface area contributed by atoms with E-state index in [0.29, 0.717) is 11.0 Å². The number of aromatic amines is 1. The van der Waals surface area contributed by atoms with Gasteiger partial charge in [0, 0.05) is 17.8 Å². The fraction of sp³-hybridized carbons (Fsp3) is 0.130. The van der Waals surface area contributed by atoms with Gasteiger partial charge in [-0.25, -0.2) is 22.2 Å². The highest BCUT2D eigenvalue weighted by Crippen LogP contribution is 2.29. The summed E-state index contributed by atoms with van der Waals surface area (Å²) in [5, 5.41) is 2.81.